The summed E-state index contributed by atoms with van der Waals surface area (Å²) in [5.41, 5.74) is 1.06. The molecule has 10 heteroatoms. The van der Waals surface area contributed by atoms with Crippen molar-refractivity contribution in [2.45, 2.75) is 11.3 Å². The molecule has 0 spiro atoms. The van der Waals surface area contributed by atoms with Crippen LogP contribution in [0, 0.1) is 0 Å². The summed E-state index contributed by atoms with van der Waals surface area (Å²) in [7, 11) is -0.411. The van der Waals surface area contributed by atoms with Gasteiger partial charge in [0.2, 0.25) is 15.2 Å². The van der Waals surface area contributed by atoms with Gasteiger partial charge in [0, 0.05) is 31.0 Å². The van der Waals surface area contributed by atoms with Crippen molar-refractivity contribution in [3.63, 3.8) is 0 Å². The van der Waals surface area contributed by atoms with E-state index in [1.807, 2.05) is 24.3 Å². The van der Waals surface area contributed by atoms with Crippen molar-refractivity contribution in [2.75, 3.05) is 32.6 Å². The first kappa shape index (κ1) is 21.0. The van der Waals surface area contributed by atoms with E-state index >= 15 is 0 Å². The van der Waals surface area contributed by atoms with E-state index in [1.165, 1.54) is 30.8 Å². The fraction of sp³-hybridized carbons (Fsp3) is 0.263. The van der Waals surface area contributed by atoms with E-state index in [0.29, 0.717) is 29.7 Å². The van der Waals surface area contributed by atoms with Crippen molar-refractivity contribution >= 4 is 26.7 Å². The van der Waals surface area contributed by atoms with E-state index in [2.05, 4.69) is 19.4 Å². The van der Waals surface area contributed by atoms with Crippen LogP contribution in [0.15, 0.2) is 53.4 Å². The Morgan fingerprint density at radius 2 is 1.76 bits per heavy atom. The van der Waals surface area contributed by atoms with Crippen molar-refractivity contribution in [1.82, 2.24) is 14.1 Å². The maximum atomic E-state index is 12.3. The van der Waals surface area contributed by atoms with Crippen molar-refractivity contribution in [3.8, 4) is 11.5 Å². The first-order chi connectivity index (χ1) is 14.0. The molecule has 2 N–H and O–H groups in total. The smallest absolute Gasteiger partial charge is 0.240 e. The molecular formula is C19H22N4O4S2. The van der Waals surface area contributed by atoms with Gasteiger partial charge < -0.3 is 14.8 Å². The van der Waals surface area contributed by atoms with Gasteiger partial charge in [-0.15, -0.1) is 0 Å². The lowest BCUT2D eigenvalue weighted by atomic mass is 10.1. The minimum absolute atomic E-state index is 0.190. The van der Waals surface area contributed by atoms with E-state index in [-0.39, 0.29) is 11.4 Å². The number of ether oxygens (including phenoxy) is 2. The maximum absolute atomic E-state index is 12.3. The standard InChI is InChI=1S/C19H22N4O4S2/c1-26-15-6-8-17(9-7-15)29(24,25)21-11-10-20-19-22-18(23-28-19)13-14-4-3-5-16(12-14)27-2/h3-9,12,21H,10-11,13H2,1-2H3,(H,20,22,23). The number of benzene rings is 2. The van der Waals surface area contributed by atoms with Crippen molar-refractivity contribution in [2.24, 2.45) is 0 Å². The second-order valence-corrected chi connectivity index (χ2v) is 8.56. The summed E-state index contributed by atoms with van der Waals surface area (Å²) in [6.07, 6.45) is 0.597. The van der Waals surface area contributed by atoms with Crippen LogP contribution in [0.25, 0.3) is 0 Å². The molecule has 8 nitrogen and oxygen atoms in total. The van der Waals surface area contributed by atoms with Gasteiger partial charge in [-0.1, -0.05) is 12.1 Å². The minimum Gasteiger partial charge on any atom is -0.497 e. The van der Waals surface area contributed by atoms with Crippen LogP contribution >= 0.6 is 11.5 Å². The van der Waals surface area contributed by atoms with Crippen molar-refractivity contribution < 1.29 is 17.9 Å². The summed E-state index contributed by atoms with van der Waals surface area (Å²) >= 11 is 1.24. The number of nitrogens with zero attached hydrogens (tertiary/aromatic N) is 2. The molecule has 0 saturated heterocycles. The molecule has 154 valence electrons. The molecule has 0 bridgehead atoms. The fourth-order valence-electron chi connectivity index (χ4n) is 2.56. The Kier molecular flexibility index (Phi) is 7.02. The van der Waals surface area contributed by atoms with Gasteiger partial charge in [0.15, 0.2) is 0 Å². The van der Waals surface area contributed by atoms with Gasteiger partial charge >= 0.3 is 0 Å². The van der Waals surface area contributed by atoms with Gasteiger partial charge in [-0.3, -0.25) is 0 Å². The number of methoxy groups -OCH3 is 2. The highest BCUT2D eigenvalue weighted by atomic mass is 32.2. The summed E-state index contributed by atoms with van der Waals surface area (Å²) < 4.78 is 41.7. The van der Waals surface area contributed by atoms with E-state index in [9.17, 15) is 8.42 Å². The average molecular weight is 435 g/mol. The van der Waals surface area contributed by atoms with Gasteiger partial charge in [0.05, 0.1) is 19.1 Å². The molecule has 1 aromatic heterocycles. The van der Waals surface area contributed by atoms with Crippen LogP contribution in [-0.4, -0.2) is 45.1 Å². The first-order valence-corrected chi connectivity index (χ1v) is 11.1. The number of rotatable bonds is 10. The van der Waals surface area contributed by atoms with Crippen LogP contribution < -0.4 is 19.5 Å². The van der Waals surface area contributed by atoms with Gasteiger partial charge in [0.1, 0.15) is 17.3 Å². The third-order valence-corrected chi connectivity index (χ3v) is 6.22. The lowest BCUT2D eigenvalue weighted by molar-refractivity contribution is 0.414. The van der Waals surface area contributed by atoms with Gasteiger partial charge in [-0.25, -0.2) is 18.1 Å². The molecule has 0 aliphatic heterocycles. The van der Waals surface area contributed by atoms with Crippen molar-refractivity contribution in [3.05, 3.63) is 59.9 Å². The second kappa shape index (κ2) is 9.68. The molecule has 0 fully saturated rings. The summed E-state index contributed by atoms with van der Waals surface area (Å²) in [5.74, 6) is 2.09. The third kappa shape index (κ3) is 5.89. The fourth-order valence-corrected chi connectivity index (χ4v) is 4.20. The highest BCUT2D eigenvalue weighted by Gasteiger charge is 2.13. The molecule has 29 heavy (non-hydrogen) atoms. The van der Waals surface area contributed by atoms with Gasteiger partial charge in [-0.2, -0.15) is 4.37 Å². The van der Waals surface area contributed by atoms with E-state index in [4.69, 9.17) is 9.47 Å². The third-order valence-electron chi connectivity index (χ3n) is 4.03. The van der Waals surface area contributed by atoms with Crippen LogP contribution in [0.1, 0.15) is 11.4 Å². The lowest BCUT2D eigenvalue weighted by Crippen LogP contribution is -2.28. The zero-order valence-corrected chi connectivity index (χ0v) is 17.7. The summed E-state index contributed by atoms with van der Waals surface area (Å²) in [5, 5.41) is 3.73. The van der Waals surface area contributed by atoms with Crippen LogP contribution in [0.2, 0.25) is 0 Å². The quantitative estimate of drug-likeness (QED) is 0.473. The lowest BCUT2D eigenvalue weighted by Gasteiger charge is -2.08. The Morgan fingerprint density at radius 3 is 2.48 bits per heavy atom. The number of aromatic nitrogens is 2. The van der Waals surface area contributed by atoms with Crippen molar-refractivity contribution in [1.29, 1.82) is 0 Å². The number of hydrogen-bond donors (Lipinski definition) is 2. The number of sulfonamides is 1. The molecule has 0 radical (unpaired) electrons. The van der Waals surface area contributed by atoms with Crippen LogP contribution in [0.4, 0.5) is 5.13 Å². The number of hydrogen-bond acceptors (Lipinski definition) is 8. The van der Waals surface area contributed by atoms with Crippen LogP contribution in [-0.2, 0) is 16.4 Å². The SMILES string of the molecule is COc1ccc(S(=O)(=O)NCCNc2nc(Cc3cccc(OC)c3)ns2)cc1. The molecular weight excluding hydrogens is 412 g/mol. The molecule has 3 rings (SSSR count). The zero-order chi connectivity index (χ0) is 20.7. The molecule has 0 atom stereocenters. The Hall–Kier alpha value is -2.69. The highest BCUT2D eigenvalue weighted by Crippen LogP contribution is 2.18. The normalized spacial score (nSPS) is 11.2. The molecule has 0 aliphatic carbocycles. The van der Waals surface area contributed by atoms with E-state index in [0.717, 1.165) is 11.3 Å². The molecule has 2 aromatic carbocycles. The zero-order valence-electron chi connectivity index (χ0n) is 16.1. The van der Waals surface area contributed by atoms with Gasteiger partial charge in [0.25, 0.3) is 0 Å². The second-order valence-electron chi connectivity index (χ2n) is 6.04. The average Bonchev–Trinajstić information content (AvgIpc) is 3.18. The number of anilines is 1. The first-order valence-electron chi connectivity index (χ1n) is 8.83. The summed E-state index contributed by atoms with van der Waals surface area (Å²) in [6, 6.07) is 14.0. The predicted molar refractivity (Wildman–Crippen MR) is 112 cm³/mol. The summed E-state index contributed by atoms with van der Waals surface area (Å²) in [4.78, 5) is 4.63. The number of nitrogens with one attached hydrogen (secondary N) is 2. The maximum Gasteiger partial charge on any atom is 0.240 e. The Bertz CT molecular complexity index is 1040. The Labute approximate surface area is 174 Å². The molecule has 0 amide bonds. The topological polar surface area (TPSA) is 102 Å². The van der Waals surface area contributed by atoms with Crippen LogP contribution in [0.3, 0.4) is 0 Å². The molecule has 0 unspecified atom stereocenters. The molecule has 0 aliphatic rings. The monoisotopic (exact) mass is 434 g/mol. The molecule has 0 saturated carbocycles. The predicted octanol–water partition coefficient (Wildman–Crippen LogP) is 2.54. The molecule has 3 aromatic rings. The Balaban J connectivity index is 1.48. The highest BCUT2D eigenvalue weighted by molar-refractivity contribution is 7.89. The van der Waals surface area contributed by atoms with E-state index in [1.54, 1.807) is 19.2 Å². The van der Waals surface area contributed by atoms with E-state index < -0.39 is 10.0 Å². The van der Waals surface area contributed by atoms with Crippen LogP contribution in [0.5, 0.6) is 11.5 Å². The largest absolute Gasteiger partial charge is 0.497 e. The molecule has 1 heterocycles. The summed E-state index contributed by atoms with van der Waals surface area (Å²) in [6.45, 7) is 0.613. The Morgan fingerprint density at radius 1 is 1.00 bits per heavy atom. The van der Waals surface area contributed by atoms with Gasteiger partial charge in [-0.05, 0) is 42.0 Å². The minimum atomic E-state index is -3.57.